The molecule has 0 fully saturated rings. The average molecular weight is 329 g/mol. The van der Waals surface area contributed by atoms with Crippen molar-refractivity contribution in [3.8, 4) is 0 Å². The van der Waals surface area contributed by atoms with Crippen LogP contribution in [0.5, 0.6) is 0 Å². The number of rotatable bonds is 4. The summed E-state index contributed by atoms with van der Waals surface area (Å²) in [5.41, 5.74) is 2.17. The standard InChI is InChI=1S/C13H14BrFN2S/c1-9-16-11(8-18-9)7-17(2)6-10-3-4-13(15)12(14)5-10/h3-5,8H,6-7H2,1-2H3. The van der Waals surface area contributed by atoms with E-state index in [0.717, 1.165) is 29.4 Å². The third-order valence-electron chi connectivity index (χ3n) is 2.53. The lowest BCUT2D eigenvalue weighted by Crippen LogP contribution is -2.17. The second kappa shape index (κ2) is 5.91. The van der Waals surface area contributed by atoms with Gasteiger partial charge in [-0.05, 0) is 47.6 Å². The Morgan fingerprint density at radius 3 is 2.78 bits per heavy atom. The normalized spacial score (nSPS) is 11.2. The van der Waals surface area contributed by atoms with E-state index in [1.807, 2.05) is 26.1 Å². The molecule has 0 N–H and O–H groups in total. The highest BCUT2D eigenvalue weighted by Gasteiger charge is 2.06. The molecule has 18 heavy (non-hydrogen) atoms. The molecule has 0 spiro atoms. The molecule has 1 aromatic carbocycles. The Morgan fingerprint density at radius 1 is 1.39 bits per heavy atom. The molecule has 0 aliphatic carbocycles. The van der Waals surface area contributed by atoms with Gasteiger partial charge in [0.15, 0.2) is 0 Å². The molecule has 0 bridgehead atoms. The van der Waals surface area contributed by atoms with Gasteiger partial charge in [0.2, 0.25) is 0 Å². The first-order chi connectivity index (χ1) is 8.54. The largest absolute Gasteiger partial charge is 0.296 e. The SMILES string of the molecule is Cc1nc(CN(C)Cc2ccc(F)c(Br)c2)cs1. The topological polar surface area (TPSA) is 16.1 Å². The summed E-state index contributed by atoms with van der Waals surface area (Å²) >= 11 is 4.86. The Bertz CT molecular complexity index is 542. The van der Waals surface area contributed by atoms with Crippen molar-refractivity contribution in [2.75, 3.05) is 7.05 Å². The molecule has 1 heterocycles. The van der Waals surface area contributed by atoms with Crippen LogP contribution in [0, 0.1) is 12.7 Å². The number of benzene rings is 1. The van der Waals surface area contributed by atoms with Crippen molar-refractivity contribution in [2.45, 2.75) is 20.0 Å². The molecule has 2 aromatic rings. The number of hydrogen-bond donors (Lipinski definition) is 0. The highest BCUT2D eigenvalue weighted by atomic mass is 79.9. The summed E-state index contributed by atoms with van der Waals surface area (Å²) in [6.45, 7) is 3.58. The van der Waals surface area contributed by atoms with Gasteiger partial charge in [0, 0.05) is 18.5 Å². The van der Waals surface area contributed by atoms with E-state index >= 15 is 0 Å². The summed E-state index contributed by atoms with van der Waals surface area (Å²) < 4.78 is 13.6. The van der Waals surface area contributed by atoms with Crippen molar-refractivity contribution in [1.82, 2.24) is 9.88 Å². The Hall–Kier alpha value is -0.780. The van der Waals surface area contributed by atoms with Gasteiger partial charge in [0.25, 0.3) is 0 Å². The van der Waals surface area contributed by atoms with E-state index in [1.165, 1.54) is 6.07 Å². The Morgan fingerprint density at radius 2 is 2.17 bits per heavy atom. The molecule has 0 unspecified atom stereocenters. The number of aryl methyl sites for hydroxylation is 1. The smallest absolute Gasteiger partial charge is 0.137 e. The molecule has 0 amide bonds. The maximum absolute atomic E-state index is 13.1. The number of nitrogens with zero attached hydrogens (tertiary/aromatic N) is 2. The second-order valence-corrected chi connectivity index (χ2v) is 6.20. The van der Waals surface area contributed by atoms with Crippen LogP contribution in [0.4, 0.5) is 4.39 Å². The predicted octanol–water partition coefficient (Wildman–Crippen LogP) is 3.99. The van der Waals surface area contributed by atoms with Gasteiger partial charge in [-0.3, -0.25) is 4.90 Å². The first kappa shape index (κ1) is 13.6. The van der Waals surface area contributed by atoms with Gasteiger partial charge in [0.05, 0.1) is 15.2 Å². The Kier molecular flexibility index (Phi) is 4.48. The van der Waals surface area contributed by atoms with Gasteiger partial charge in [0.1, 0.15) is 5.82 Å². The summed E-state index contributed by atoms with van der Waals surface area (Å²) in [4.78, 5) is 6.59. The molecule has 0 atom stereocenters. The molecule has 2 nitrogen and oxygen atoms in total. The molecule has 5 heteroatoms. The first-order valence-electron chi connectivity index (χ1n) is 5.58. The van der Waals surface area contributed by atoms with Gasteiger partial charge >= 0.3 is 0 Å². The zero-order valence-electron chi connectivity index (χ0n) is 10.3. The molecule has 1 aromatic heterocycles. The van der Waals surface area contributed by atoms with E-state index in [1.54, 1.807) is 11.3 Å². The molecule has 0 saturated heterocycles. The summed E-state index contributed by atoms with van der Waals surface area (Å²) in [6, 6.07) is 5.11. The van der Waals surface area contributed by atoms with Crippen LogP contribution >= 0.6 is 27.3 Å². The zero-order chi connectivity index (χ0) is 13.1. The van der Waals surface area contributed by atoms with E-state index in [2.05, 4.69) is 31.2 Å². The monoisotopic (exact) mass is 328 g/mol. The summed E-state index contributed by atoms with van der Waals surface area (Å²) in [5, 5.41) is 3.16. The van der Waals surface area contributed by atoms with Crippen LogP contribution in [0.1, 0.15) is 16.3 Å². The summed E-state index contributed by atoms with van der Waals surface area (Å²) in [7, 11) is 2.03. The third kappa shape index (κ3) is 3.60. The highest BCUT2D eigenvalue weighted by Crippen LogP contribution is 2.18. The first-order valence-corrected chi connectivity index (χ1v) is 7.25. The fourth-order valence-corrected chi connectivity index (χ4v) is 2.79. The van der Waals surface area contributed by atoms with E-state index < -0.39 is 0 Å². The molecular weight excluding hydrogens is 315 g/mol. The van der Waals surface area contributed by atoms with Gasteiger partial charge in [-0.25, -0.2) is 9.37 Å². The molecule has 0 radical (unpaired) electrons. The van der Waals surface area contributed by atoms with Crippen LogP contribution in [0.3, 0.4) is 0 Å². The third-order valence-corrected chi connectivity index (χ3v) is 3.97. The zero-order valence-corrected chi connectivity index (χ0v) is 12.7. The maximum Gasteiger partial charge on any atom is 0.137 e. The molecule has 0 aliphatic rings. The van der Waals surface area contributed by atoms with Crippen LogP contribution in [0.2, 0.25) is 0 Å². The summed E-state index contributed by atoms with van der Waals surface area (Å²) in [6.07, 6.45) is 0. The Labute approximate surface area is 119 Å². The van der Waals surface area contributed by atoms with E-state index in [4.69, 9.17) is 0 Å². The molecule has 96 valence electrons. The number of aromatic nitrogens is 1. The van der Waals surface area contributed by atoms with Crippen molar-refractivity contribution in [3.63, 3.8) is 0 Å². The van der Waals surface area contributed by atoms with Gasteiger partial charge in [-0.1, -0.05) is 6.07 Å². The minimum Gasteiger partial charge on any atom is -0.296 e. The fraction of sp³-hybridized carbons (Fsp3) is 0.308. The predicted molar refractivity (Wildman–Crippen MR) is 76.1 cm³/mol. The number of hydrogen-bond acceptors (Lipinski definition) is 3. The van der Waals surface area contributed by atoms with Crippen LogP contribution < -0.4 is 0 Å². The molecular formula is C13H14BrFN2S. The molecule has 0 saturated carbocycles. The lowest BCUT2D eigenvalue weighted by atomic mass is 10.2. The summed E-state index contributed by atoms with van der Waals surface area (Å²) in [5.74, 6) is -0.225. The van der Waals surface area contributed by atoms with Crippen molar-refractivity contribution in [3.05, 3.63) is 50.1 Å². The van der Waals surface area contributed by atoms with Crippen molar-refractivity contribution >= 4 is 27.3 Å². The lowest BCUT2D eigenvalue weighted by Gasteiger charge is -2.15. The van der Waals surface area contributed by atoms with Crippen molar-refractivity contribution < 1.29 is 4.39 Å². The van der Waals surface area contributed by atoms with Gasteiger partial charge < -0.3 is 0 Å². The quantitative estimate of drug-likeness (QED) is 0.843. The average Bonchev–Trinajstić information content (AvgIpc) is 2.69. The van der Waals surface area contributed by atoms with Crippen LogP contribution in [-0.4, -0.2) is 16.9 Å². The van der Waals surface area contributed by atoms with E-state index in [-0.39, 0.29) is 5.82 Å². The number of halogens is 2. The molecule has 0 aliphatic heterocycles. The highest BCUT2D eigenvalue weighted by molar-refractivity contribution is 9.10. The van der Waals surface area contributed by atoms with Crippen molar-refractivity contribution in [1.29, 1.82) is 0 Å². The van der Waals surface area contributed by atoms with Crippen LogP contribution in [-0.2, 0) is 13.1 Å². The maximum atomic E-state index is 13.1. The van der Waals surface area contributed by atoms with Crippen LogP contribution in [0.25, 0.3) is 0 Å². The molecule has 2 rings (SSSR count). The van der Waals surface area contributed by atoms with Gasteiger partial charge in [-0.2, -0.15) is 0 Å². The van der Waals surface area contributed by atoms with Gasteiger partial charge in [-0.15, -0.1) is 11.3 Å². The lowest BCUT2D eigenvalue weighted by molar-refractivity contribution is 0.315. The minimum atomic E-state index is -0.225. The number of thiazole rings is 1. The minimum absolute atomic E-state index is 0.225. The van der Waals surface area contributed by atoms with E-state index in [0.29, 0.717) is 4.47 Å². The van der Waals surface area contributed by atoms with E-state index in [9.17, 15) is 4.39 Å². The fourth-order valence-electron chi connectivity index (χ4n) is 1.76. The van der Waals surface area contributed by atoms with Crippen LogP contribution in [0.15, 0.2) is 28.1 Å². The second-order valence-electron chi connectivity index (χ2n) is 4.28. The Balaban J connectivity index is 1.98. The van der Waals surface area contributed by atoms with Crippen molar-refractivity contribution in [2.24, 2.45) is 0 Å².